The minimum atomic E-state index is -0.134. The molecule has 0 bridgehead atoms. The van der Waals surface area contributed by atoms with E-state index in [1.165, 1.54) is 0 Å². The Bertz CT molecular complexity index is 1290. The Morgan fingerprint density at radius 1 is 1.32 bits per heavy atom. The number of aromatic nitrogens is 5. The first-order chi connectivity index (χ1) is 15.0. The summed E-state index contributed by atoms with van der Waals surface area (Å²) in [6.45, 7) is 0.564. The third-order valence-electron chi connectivity index (χ3n) is 5.24. The van der Waals surface area contributed by atoms with Crippen LogP contribution in [0.4, 0.5) is 5.82 Å². The predicted octanol–water partition coefficient (Wildman–Crippen LogP) is 4.05. The van der Waals surface area contributed by atoms with Crippen LogP contribution in [0.2, 0.25) is 5.02 Å². The number of hydrogen-bond acceptors (Lipinski definition) is 5. The van der Waals surface area contributed by atoms with E-state index in [-0.39, 0.29) is 11.9 Å². The Kier molecular flexibility index (Phi) is 5.15. The standard InChI is InChI=1S/C21H19BrClN7O/c1-29-14(6-7-26-29)9-24-19-20-25-10-17(30(20)11-18(22)28-19)12-2-5-15(16(23)8-12)21(31)27-13-3-4-13/h2,5-8,10-11,13H,3-4,9H2,1H3,(H,24,28)(H,27,31). The molecule has 1 aromatic carbocycles. The van der Waals surface area contributed by atoms with Crippen molar-refractivity contribution in [2.75, 3.05) is 5.32 Å². The quantitative estimate of drug-likeness (QED) is 0.417. The zero-order valence-corrected chi connectivity index (χ0v) is 19.0. The molecule has 4 aromatic rings. The molecule has 0 saturated heterocycles. The molecular weight excluding hydrogens is 482 g/mol. The Hall–Kier alpha value is -2.91. The van der Waals surface area contributed by atoms with Crippen LogP contribution in [0.1, 0.15) is 28.9 Å². The number of nitrogens with zero attached hydrogens (tertiary/aromatic N) is 5. The van der Waals surface area contributed by atoms with Crippen molar-refractivity contribution >= 4 is 44.9 Å². The second kappa shape index (κ2) is 7.97. The SMILES string of the molecule is Cn1nccc1CNc1nc(Br)cn2c(-c3ccc(C(=O)NC4CC4)c(Cl)c3)cnc12. The summed E-state index contributed by atoms with van der Waals surface area (Å²) in [5.74, 6) is 0.513. The molecule has 5 rings (SSSR count). The van der Waals surface area contributed by atoms with Gasteiger partial charge in [0.15, 0.2) is 11.5 Å². The highest BCUT2D eigenvalue weighted by atomic mass is 79.9. The number of nitrogens with one attached hydrogen (secondary N) is 2. The lowest BCUT2D eigenvalue weighted by Crippen LogP contribution is -2.25. The first-order valence-electron chi connectivity index (χ1n) is 9.85. The zero-order chi connectivity index (χ0) is 21.5. The van der Waals surface area contributed by atoms with E-state index >= 15 is 0 Å². The van der Waals surface area contributed by atoms with Crippen molar-refractivity contribution in [3.63, 3.8) is 0 Å². The molecule has 1 fully saturated rings. The number of amides is 1. The van der Waals surface area contributed by atoms with Gasteiger partial charge in [-0.1, -0.05) is 17.7 Å². The normalized spacial score (nSPS) is 13.5. The van der Waals surface area contributed by atoms with Crippen molar-refractivity contribution in [3.8, 4) is 11.3 Å². The molecule has 8 nitrogen and oxygen atoms in total. The zero-order valence-electron chi connectivity index (χ0n) is 16.6. The third-order valence-corrected chi connectivity index (χ3v) is 5.94. The molecule has 0 spiro atoms. The van der Waals surface area contributed by atoms with Gasteiger partial charge in [0.2, 0.25) is 0 Å². The Morgan fingerprint density at radius 3 is 2.87 bits per heavy atom. The molecule has 1 saturated carbocycles. The van der Waals surface area contributed by atoms with Gasteiger partial charge in [0.1, 0.15) is 4.60 Å². The number of aryl methyl sites for hydroxylation is 1. The highest BCUT2D eigenvalue weighted by Gasteiger charge is 2.25. The summed E-state index contributed by atoms with van der Waals surface area (Å²) in [4.78, 5) is 21.5. The maximum Gasteiger partial charge on any atom is 0.253 e. The number of fused-ring (bicyclic) bond motifs is 1. The van der Waals surface area contributed by atoms with Gasteiger partial charge in [-0.05, 0) is 47.0 Å². The van der Waals surface area contributed by atoms with E-state index in [4.69, 9.17) is 11.6 Å². The monoisotopic (exact) mass is 499 g/mol. The van der Waals surface area contributed by atoms with Crippen LogP contribution < -0.4 is 10.6 Å². The fraction of sp³-hybridized carbons (Fsp3) is 0.238. The highest BCUT2D eigenvalue weighted by molar-refractivity contribution is 9.10. The largest absolute Gasteiger partial charge is 0.361 e. The molecule has 0 aliphatic heterocycles. The molecule has 1 amide bonds. The van der Waals surface area contributed by atoms with E-state index in [0.29, 0.717) is 33.2 Å². The maximum absolute atomic E-state index is 12.4. The van der Waals surface area contributed by atoms with Crippen molar-refractivity contribution in [1.29, 1.82) is 0 Å². The molecule has 0 unspecified atom stereocenters. The van der Waals surface area contributed by atoms with Crippen molar-refractivity contribution in [1.82, 2.24) is 29.5 Å². The van der Waals surface area contributed by atoms with E-state index < -0.39 is 0 Å². The van der Waals surface area contributed by atoms with E-state index in [0.717, 1.165) is 29.8 Å². The maximum atomic E-state index is 12.4. The second-order valence-corrected chi connectivity index (χ2v) is 8.71. The van der Waals surface area contributed by atoms with Crippen LogP contribution in [0.3, 0.4) is 0 Å². The van der Waals surface area contributed by atoms with Crippen LogP contribution in [-0.4, -0.2) is 36.1 Å². The average molecular weight is 501 g/mol. The van der Waals surface area contributed by atoms with Crippen molar-refractivity contribution in [2.24, 2.45) is 7.05 Å². The van der Waals surface area contributed by atoms with E-state index in [1.54, 1.807) is 24.5 Å². The summed E-state index contributed by atoms with van der Waals surface area (Å²) in [6, 6.07) is 7.66. The Balaban J connectivity index is 1.46. The van der Waals surface area contributed by atoms with Gasteiger partial charge in [-0.2, -0.15) is 5.10 Å². The van der Waals surface area contributed by atoms with Gasteiger partial charge in [0, 0.05) is 31.0 Å². The topological polar surface area (TPSA) is 89.1 Å². The Morgan fingerprint density at radius 2 is 2.16 bits per heavy atom. The fourth-order valence-corrected chi connectivity index (χ4v) is 4.04. The number of carbonyl (C=O) groups is 1. The van der Waals surface area contributed by atoms with Gasteiger partial charge in [-0.3, -0.25) is 13.9 Å². The number of halogens is 2. The lowest BCUT2D eigenvalue weighted by molar-refractivity contribution is 0.0951. The van der Waals surface area contributed by atoms with Gasteiger partial charge >= 0.3 is 0 Å². The van der Waals surface area contributed by atoms with Gasteiger partial charge in [0.25, 0.3) is 5.91 Å². The summed E-state index contributed by atoms with van der Waals surface area (Å²) in [5, 5.41) is 10.9. The number of benzene rings is 1. The highest BCUT2D eigenvalue weighted by Crippen LogP contribution is 2.29. The van der Waals surface area contributed by atoms with Gasteiger partial charge in [-0.15, -0.1) is 0 Å². The van der Waals surface area contributed by atoms with Gasteiger partial charge in [0.05, 0.1) is 34.7 Å². The summed E-state index contributed by atoms with van der Waals surface area (Å²) >= 11 is 9.93. The first-order valence-corrected chi connectivity index (χ1v) is 11.0. The van der Waals surface area contributed by atoms with Crippen LogP contribution in [0.15, 0.2) is 47.5 Å². The molecule has 3 heterocycles. The third kappa shape index (κ3) is 4.03. The number of imidazole rings is 1. The lowest BCUT2D eigenvalue weighted by Gasteiger charge is -2.10. The van der Waals surface area contributed by atoms with Crippen molar-refractivity contribution in [3.05, 3.63) is 63.7 Å². The van der Waals surface area contributed by atoms with Crippen LogP contribution in [0.25, 0.3) is 16.9 Å². The summed E-state index contributed by atoms with van der Waals surface area (Å²) in [5.41, 5.74) is 3.90. The molecule has 3 aromatic heterocycles. The van der Waals surface area contributed by atoms with E-state index in [9.17, 15) is 4.79 Å². The molecule has 31 heavy (non-hydrogen) atoms. The van der Waals surface area contributed by atoms with Gasteiger partial charge in [-0.25, -0.2) is 9.97 Å². The minimum absolute atomic E-state index is 0.134. The van der Waals surface area contributed by atoms with Gasteiger partial charge < -0.3 is 10.6 Å². The number of hydrogen-bond donors (Lipinski definition) is 2. The molecule has 0 radical (unpaired) electrons. The average Bonchev–Trinajstić information content (AvgIpc) is 3.29. The number of carbonyl (C=O) groups excluding carboxylic acids is 1. The molecular formula is C21H19BrClN7O. The van der Waals surface area contributed by atoms with Crippen LogP contribution in [-0.2, 0) is 13.6 Å². The van der Waals surface area contributed by atoms with Crippen molar-refractivity contribution in [2.45, 2.75) is 25.4 Å². The van der Waals surface area contributed by atoms with Crippen LogP contribution in [0.5, 0.6) is 0 Å². The first kappa shape index (κ1) is 20.0. The van der Waals surface area contributed by atoms with E-state index in [1.807, 2.05) is 34.5 Å². The molecule has 1 aliphatic rings. The number of rotatable bonds is 6. The molecule has 158 valence electrons. The molecule has 10 heteroatoms. The second-order valence-electron chi connectivity index (χ2n) is 7.49. The lowest BCUT2D eigenvalue weighted by atomic mass is 10.1. The summed E-state index contributed by atoms with van der Waals surface area (Å²) in [6.07, 6.45) is 7.45. The number of anilines is 1. The molecule has 2 N–H and O–H groups in total. The van der Waals surface area contributed by atoms with Crippen LogP contribution in [0, 0.1) is 0 Å². The Labute approximate surface area is 191 Å². The smallest absolute Gasteiger partial charge is 0.253 e. The van der Waals surface area contributed by atoms with Crippen LogP contribution >= 0.6 is 27.5 Å². The summed E-state index contributed by atoms with van der Waals surface area (Å²) in [7, 11) is 1.90. The molecule has 0 atom stereocenters. The van der Waals surface area contributed by atoms with E-state index in [2.05, 4.69) is 41.6 Å². The minimum Gasteiger partial charge on any atom is -0.361 e. The predicted molar refractivity (Wildman–Crippen MR) is 122 cm³/mol. The summed E-state index contributed by atoms with van der Waals surface area (Å²) < 4.78 is 4.42. The molecule has 1 aliphatic carbocycles. The fourth-order valence-electron chi connectivity index (χ4n) is 3.39. The van der Waals surface area contributed by atoms with Crippen molar-refractivity contribution < 1.29 is 4.79 Å².